The molecule has 4 nitrogen and oxygen atoms in total. The zero-order valence-electron chi connectivity index (χ0n) is 10.9. The summed E-state index contributed by atoms with van der Waals surface area (Å²) < 4.78 is 27.3. The molecule has 1 heterocycles. The van der Waals surface area contributed by atoms with E-state index in [0.717, 1.165) is 24.2 Å². The monoisotopic (exact) mass is 342 g/mol. The Morgan fingerprint density at radius 2 is 1.95 bits per heavy atom. The fraction of sp³-hybridized carbons (Fsp3) is 0.143. The Kier molecular flexibility index (Phi) is 3.73. The molecule has 2 aromatic rings. The molecule has 1 aliphatic rings. The first kappa shape index (κ1) is 14.5. The highest BCUT2D eigenvalue weighted by Gasteiger charge is 2.19. The largest absolute Gasteiger partial charge is 0.384 e. The van der Waals surface area contributed by atoms with Gasteiger partial charge in [0.15, 0.2) is 0 Å². The van der Waals surface area contributed by atoms with Crippen LogP contribution >= 0.6 is 23.2 Å². The van der Waals surface area contributed by atoms with Gasteiger partial charge in [-0.2, -0.15) is 0 Å². The van der Waals surface area contributed by atoms with Gasteiger partial charge in [-0.15, -0.1) is 0 Å². The van der Waals surface area contributed by atoms with Crippen LogP contribution in [0.25, 0.3) is 0 Å². The minimum absolute atomic E-state index is 0.182. The van der Waals surface area contributed by atoms with E-state index in [2.05, 4.69) is 10.0 Å². The van der Waals surface area contributed by atoms with Crippen molar-refractivity contribution in [1.82, 2.24) is 0 Å². The summed E-state index contributed by atoms with van der Waals surface area (Å²) in [5.74, 6) is 0. The number of hydrogen-bond donors (Lipinski definition) is 2. The molecular weight excluding hydrogens is 331 g/mol. The molecule has 0 aliphatic carbocycles. The van der Waals surface area contributed by atoms with Crippen molar-refractivity contribution in [2.24, 2.45) is 0 Å². The number of rotatable bonds is 3. The lowest BCUT2D eigenvalue weighted by Crippen LogP contribution is -2.13. The highest BCUT2D eigenvalue weighted by atomic mass is 35.5. The van der Waals surface area contributed by atoms with E-state index in [1.165, 1.54) is 0 Å². The van der Waals surface area contributed by atoms with Crippen molar-refractivity contribution in [2.75, 3.05) is 16.6 Å². The summed E-state index contributed by atoms with van der Waals surface area (Å²) in [7, 11) is -3.71. The van der Waals surface area contributed by atoms with E-state index in [1.807, 2.05) is 6.07 Å². The predicted octanol–water partition coefficient (Wildman–Crippen LogP) is 3.76. The smallest absolute Gasteiger partial charge is 0.262 e. The lowest BCUT2D eigenvalue weighted by molar-refractivity contribution is 0.601. The van der Waals surface area contributed by atoms with Crippen molar-refractivity contribution >= 4 is 44.6 Å². The molecule has 7 heteroatoms. The second-order valence-corrected chi connectivity index (χ2v) is 7.17. The molecule has 2 aromatic carbocycles. The Morgan fingerprint density at radius 1 is 1.14 bits per heavy atom. The van der Waals surface area contributed by atoms with E-state index in [-0.39, 0.29) is 15.6 Å². The van der Waals surface area contributed by atoms with Crippen molar-refractivity contribution in [3.63, 3.8) is 0 Å². The Balaban J connectivity index is 1.96. The molecule has 3 rings (SSSR count). The molecule has 0 radical (unpaired) electrons. The summed E-state index contributed by atoms with van der Waals surface area (Å²) in [5.41, 5.74) is 2.24. The maximum absolute atomic E-state index is 12.4. The van der Waals surface area contributed by atoms with Crippen molar-refractivity contribution < 1.29 is 8.42 Å². The molecule has 0 fully saturated rings. The van der Waals surface area contributed by atoms with E-state index in [1.54, 1.807) is 30.3 Å². The third-order valence-corrected chi connectivity index (χ3v) is 5.48. The third-order valence-electron chi connectivity index (χ3n) is 3.30. The highest BCUT2D eigenvalue weighted by Crippen LogP contribution is 2.32. The van der Waals surface area contributed by atoms with Crippen LogP contribution < -0.4 is 10.0 Å². The van der Waals surface area contributed by atoms with Gasteiger partial charge < -0.3 is 5.32 Å². The second-order valence-electron chi connectivity index (χ2n) is 4.70. The first-order valence-electron chi connectivity index (χ1n) is 6.31. The molecule has 0 amide bonds. The summed E-state index contributed by atoms with van der Waals surface area (Å²) in [6, 6.07) is 9.84. The summed E-state index contributed by atoms with van der Waals surface area (Å²) in [6.07, 6.45) is 0.906. The number of nitrogens with one attached hydrogen (secondary N) is 2. The van der Waals surface area contributed by atoms with E-state index in [0.29, 0.717) is 5.02 Å². The van der Waals surface area contributed by atoms with Crippen molar-refractivity contribution in [3.8, 4) is 0 Å². The van der Waals surface area contributed by atoms with E-state index < -0.39 is 10.0 Å². The molecule has 0 aromatic heterocycles. The van der Waals surface area contributed by atoms with Gasteiger partial charge in [0.25, 0.3) is 10.0 Å². The molecule has 0 saturated heterocycles. The van der Waals surface area contributed by atoms with E-state index in [4.69, 9.17) is 23.2 Å². The minimum Gasteiger partial charge on any atom is -0.384 e. The molecule has 0 bridgehead atoms. The first-order valence-corrected chi connectivity index (χ1v) is 8.55. The number of hydrogen-bond acceptors (Lipinski definition) is 3. The van der Waals surface area contributed by atoms with Gasteiger partial charge in [-0.1, -0.05) is 35.3 Å². The molecule has 0 saturated carbocycles. The SMILES string of the molecule is O=S(=O)(Nc1cccc(Cl)c1Cl)c1ccc2c(c1)NCC2. The highest BCUT2D eigenvalue weighted by molar-refractivity contribution is 7.92. The van der Waals surface area contributed by atoms with Crippen molar-refractivity contribution in [3.05, 3.63) is 52.0 Å². The van der Waals surface area contributed by atoms with Crippen LogP contribution in [-0.2, 0) is 16.4 Å². The number of anilines is 2. The fourth-order valence-electron chi connectivity index (χ4n) is 2.22. The molecule has 0 atom stereocenters. The molecule has 110 valence electrons. The van der Waals surface area contributed by atoms with Crippen LogP contribution in [0.3, 0.4) is 0 Å². The van der Waals surface area contributed by atoms with Gasteiger partial charge in [-0.05, 0) is 36.2 Å². The molecule has 0 spiro atoms. The van der Waals surface area contributed by atoms with Gasteiger partial charge in [0.2, 0.25) is 0 Å². The Hall–Kier alpha value is -1.43. The zero-order chi connectivity index (χ0) is 15.0. The van der Waals surface area contributed by atoms with Gasteiger partial charge >= 0.3 is 0 Å². The van der Waals surface area contributed by atoms with Crippen molar-refractivity contribution in [2.45, 2.75) is 11.3 Å². The van der Waals surface area contributed by atoms with Gasteiger partial charge in [0.1, 0.15) is 0 Å². The van der Waals surface area contributed by atoms with Crippen LogP contribution in [0.2, 0.25) is 10.0 Å². The predicted molar refractivity (Wildman–Crippen MR) is 85.9 cm³/mol. The first-order chi connectivity index (χ1) is 9.97. The standard InChI is InChI=1S/C14H12Cl2N2O2S/c15-11-2-1-3-12(14(11)16)18-21(19,20)10-5-4-9-6-7-17-13(9)8-10/h1-5,8,17-18H,6-7H2. The molecular formula is C14H12Cl2N2O2S. The maximum atomic E-state index is 12.4. The Bertz CT molecular complexity index is 807. The number of halogens is 2. The molecule has 2 N–H and O–H groups in total. The maximum Gasteiger partial charge on any atom is 0.262 e. The van der Waals surface area contributed by atoms with E-state index in [9.17, 15) is 8.42 Å². The molecule has 1 aliphatic heterocycles. The lowest BCUT2D eigenvalue weighted by atomic mass is 10.2. The van der Waals surface area contributed by atoms with Crippen LogP contribution in [0.4, 0.5) is 11.4 Å². The minimum atomic E-state index is -3.71. The average Bonchev–Trinajstić information content (AvgIpc) is 2.91. The van der Waals surface area contributed by atoms with Gasteiger partial charge in [0, 0.05) is 12.2 Å². The van der Waals surface area contributed by atoms with Gasteiger partial charge in [-0.3, -0.25) is 4.72 Å². The van der Waals surface area contributed by atoms with Gasteiger partial charge in [-0.25, -0.2) is 8.42 Å². The molecule has 0 unspecified atom stereocenters. The normalized spacial score (nSPS) is 13.6. The van der Waals surface area contributed by atoms with Crippen LogP contribution in [-0.4, -0.2) is 15.0 Å². The summed E-state index contributed by atoms with van der Waals surface area (Å²) >= 11 is 11.9. The third kappa shape index (κ3) is 2.81. The zero-order valence-corrected chi connectivity index (χ0v) is 13.2. The Labute approximate surface area is 133 Å². The van der Waals surface area contributed by atoms with Crippen LogP contribution in [0.5, 0.6) is 0 Å². The number of sulfonamides is 1. The number of fused-ring (bicyclic) bond motifs is 1. The average molecular weight is 343 g/mol. The molecule has 21 heavy (non-hydrogen) atoms. The number of benzene rings is 2. The lowest BCUT2D eigenvalue weighted by Gasteiger charge is -2.11. The summed E-state index contributed by atoms with van der Waals surface area (Å²) in [4.78, 5) is 0.187. The summed E-state index contributed by atoms with van der Waals surface area (Å²) in [5, 5.41) is 3.64. The van der Waals surface area contributed by atoms with Crippen LogP contribution in [0.1, 0.15) is 5.56 Å². The van der Waals surface area contributed by atoms with Crippen LogP contribution in [0, 0.1) is 0 Å². The fourth-order valence-corrected chi connectivity index (χ4v) is 3.72. The van der Waals surface area contributed by atoms with Gasteiger partial charge in [0.05, 0.1) is 20.6 Å². The Morgan fingerprint density at radius 3 is 2.76 bits per heavy atom. The van der Waals surface area contributed by atoms with Crippen LogP contribution in [0.15, 0.2) is 41.3 Å². The summed E-state index contributed by atoms with van der Waals surface area (Å²) in [6.45, 7) is 0.826. The quantitative estimate of drug-likeness (QED) is 0.892. The van der Waals surface area contributed by atoms with Crippen molar-refractivity contribution in [1.29, 1.82) is 0 Å². The second kappa shape index (κ2) is 5.40. The van der Waals surface area contributed by atoms with E-state index >= 15 is 0 Å². The topological polar surface area (TPSA) is 58.2 Å².